The van der Waals surface area contributed by atoms with Crippen LogP contribution in [0, 0.1) is 5.41 Å². The van der Waals surface area contributed by atoms with Gasteiger partial charge in [-0.15, -0.1) is 10.2 Å². The number of fused-ring (bicyclic) bond motifs is 1. The van der Waals surface area contributed by atoms with Crippen LogP contribution in [-0.2, 0) is 0 Å². The number of phenols is 1. The summed E-state index contributed by atoms with van der Waals surface area (Å²) in [6.07, 6.45) is 8.40. The van der Waals surface area contributed by atoms with Gasteiger partial charge in [0, 0.05) is 30.4 Å². The summed E-state index contributed by atoms with van der Waals surface area (Å²) in [7, 11) is 1.84. The Balaban J connectivity index is 1.61. The van der Waals surface area contributed by atoms with Gasteiger partial charge < -0.3 is 10.0 Å². The summed E-state index contributed by atoms with van der Waals surface area (Å²) in [6.45, 7) is 4.42. The third kappa shape index (κ3) is 3.93. The van der Waals surface area contributed by atoms with E-state index in [0.717, 1.165) is 36.5 Å². The number of phenolic OH excluding ortho intramolecular Hbond substituents is 1. The highest BCUT2D eigenvalue weighted by atomic mass is 19.1. The molecule has 158 valence electrons. The van der Waals surface area contributed by atoms with Crippen molar-refractivity contribution in [3.8, 4) is 17.0 Å². The average Bonchev–Trinajstić information content (AvgIpc) is 2.91. The van der Waals surface area contributed by atoms with Crippen LogP contribution >= 0.6 is 0 Å². The summed E-state index contributed by atoms with van der Waals surface area (Å²) < 4.78 is 14.9. The van der Waals surface area contributed by atoms with Gasteiger partial charge in [0.05, 0.1) is 12.2 Å². The number of aromatic hydroxyl groups is 1. The van der Waals surface area contributed by atoms with Crippen molar-refractivity contribution in [1.82, 2.24) is 20.2 Å². The summed E-state index contributed by atoms with van der Waals surface area (Å²) in [6, 6.07) is 5.07. The second-order valence-electron chi connectivity index (χ2n) is 8.69. The first-order chi connectivity index (χ1) is 14.4. The van der Waals surface area contributed by atoms with Gasteiger partial charge in [0.25, 0.3) is 0 Å². The van der Waals surface area contributed by atoms with Crippen molar-refractivity contribution in [3.63, 3.8) is 0 Å². The van der Waals surface area contributed by atoms with Crippen molar-refractivity contribution in [2.75, 3.05) is 11.9 Å². The molecular formula is C23H28FN5O. The molecule has 1 aliphatic rings. The Bertz CT molecular complexity index is 1030. The largest absolute Gasteiger partial charge is 0.507 e. The van der Waals surface area contributed by atoms with Crippen LogP contribution in [0.2, 0.25) is 0 Å². The number of nitrogens with zero attached hydrogens (tertiary/aromatic N) is 5. The van der Waals surface area contributed by atoms with E-state index in [2.05, 4.69) is 34.0 Å². The average molecular weight is 410 g/mol. The number of pyridine rings is 1. The fraction of sp³-hybridized carbons (Fsp3) is 0.478. The molecule has 0 amide bonds. The van der Waals surface area contributed by atoms with Crippen LogP contribution in [0.4, 0.5) is 10.3 Å². The molecule has 1 N–H and O–H groups in total. The first-order valence-electron chi connectivity index (χ1n) is 10.5. The number of hydrogen-bond donors (Lipinski definition) is 1. The third-order valence-electron chi connectivity index (χ3n) is 6.63. The molecule has 0 unspecified atom stereocenters. The highest BCUT2D eigenvalue weighted by Crippen LogP contribution is 2.40. The van der Waals surface area contributed by atoms with Gasteiger partial charge in [-0.05, 0) is 54.7 Å². The molecule has 2 heterocycles. The molecule has 6 nitrogen and oxygen atoms in total. The van der Waals surface area contributed by atoms with Crippen molar-refractivity contribution in [1.29, 1.82) is 0 Å². The zero-order valence-electron chi connectivity index (χ0n) is 17.7. The maximum Gasteiger partial charge on any atom is 0.245 e. The molecule has 1 aromatic carbocycles. The lowest BCUT2D eigenvalue weighted by atomic mass is 9.79. The van der Waals surface area contributed by atoms with E-state index in [4.69, 9.17) is 0 Å². The number of rotatable bonds is 4. The van der Waals surface area contributed by atoms with Gasteiger partial charge in [-0.25, -0.2) is 9.37 Å². The third-order valence-corrected chi connectivity index (χ3v) is 6.63. The fourth-order valence-corrected chi connectivity index (χ4v) is 4.38. The molecule has 7 heteroatoms. The van der Waals surface area contributed by atoms with E-state index in [1.165, 1.54) is 0 Å². The molecule has 1 aliphatic carbocycles. The van der Waals surface area contributed by atoms with Crippen LogP contribution in [-0.4, -0.2) is 44.5 Å². The zero-order valence-corrected chi connectivity index (χ0v) is 17.7. The number of benzene rings is 1. The quantitative estimate of drug-likeness (QED) is 0.616. The molecule has 4 rings (SSSR count). The molecular weight excluding hydrogens is 381 g/mol. The summed E-state index contributed by atoms with van der Waals surface area (Å²) in [4.78, 5) is 10.4. The van der Waals surface area contributed by atoms with E-state index in [-0.39, 0.29) is 17.2 Å². The number of aromatic nitrogens is 4. The van der Waals surface area contributed by atoms with Gasteiger partial charge in [-0.1, -0.05) is 20.3 Å². The molecule has 0 aliphatic heterocycles. The van der Waals surface area contributed by atoms with Gasteiger partial charge >= 0.3 is 0 Å². The van der Waals surface area contributed by atoms with Crippen LogP contribution in [0.3, 0.4) is 0 Å². The summed E-state index contributed by atoms with van der Waals surface area (Å²) >= 11 is 0. The van der Waals surface area contributed by atoms with Gasteiger partial charge in [-0.2, -0.15) is 0 Å². The lowest BCUT2D eigenvalue weighted by Gasteiger charge is -2.35. The molecule has 0 radical (unpaired) electrons. The van der Waals surface area contributed by atoms with Crippen molar-refractivity contribution in [2.24, 2.45) is 5.41 Å². The summed E-state index contributed by atoms with van der Waals surface area (Å²) in [5.74, 6) is 0.505. The Hall–Kier alpha value is -2.83. The topological polar surface area (TPSA) is 75.0 Å². The molecule has 1 saturated carbocycles. The molecule has 0 bridgehead atoms. The Morgan fingerprint density at radius 1 is 1.23 bits per heavy atom. The number of hydrogen-bond acceptors (Lipinski definition) is 6. The number of halogens is 1. The molecule has 3 aromatic rings. The molecule has 1 fully saturated rings. The number of anilines is 1. The fourth-order valence-electron chi connectivity index (χ4n) is 4.38. The predicted molar refractivity (Wildman–Crippen MR) is 116 cm³/mol. The summed E-state index contributed by atoms with van der Waals surface area (Å²) in [5, 5.41) is 20.7. The van der Waals surface area contributed by atoms with Crippen LogP contribution in [0.25, 0.3) is 22.0 Å². The molecule has 0 saturated heterocycles. The van der Waals surface area contributed by atoms with Gasteiger partial charge in [0.15, 0.2) is 0 Å². The van der Waals surface area contributed by atoms with E-state index in [0.29, 0.717) is 23.6 Å². The zero-order chi connectivity index (χ0) is 21.3. The monoisotopic (exact) mass is 409 g/mol. The maximum atomic E-state index is 14.9. The van der Waals surface area contributed by atoms with Gasteiger partial charge in [0.2, 0.25) is 5.95 Å². The predicted octanol–water partition coefficient (Wildman–Crippen LogP) is 4.93. The Morgan fingerprint density at radius 2 is 2.07 bits per heavy atom. The van der Waals surface area contributed by atoms with E-state index in [9.17, 15) is 9.50 Å². The maximum absolute atomic E-state index is 14.9. The second kappa shape index (κ2) is 8.13. The highest BCUT2D eigenvalue weighted by molar-refractivity contribution is 5.89. The van der Waals surface area contributed by atoms with Gasteiger partial charge in [0.1, 0.15) is 17.6 Å². The first-order valence-corrected chi connectivity index (χ1v) is 10.5. The summed E-state index contributed by atoms with van der Waals surface area (Å²) in [5.41, 5.74) is 1.13. The van der Waals surface area contributed by atoms with Crippen LogP contribution in [0.1, 0.15) is 46.0 Å². The second-order valence-corrected chi connectivity index (χ2v) is 8.69. The minimum atomic E-state index is -0.913. The Kier molecular flexibility index (Phi) is 5.54. The van der Waals surface area contributed by atoms with Crippen LogP contribution in [0.15, 0.2) is 36.8 Å². The van der Waals surface area contributed by atoms with Gasteiger partial charge in [-0.3, -0.25) is 4.98 Å². The molecule has 2 aromatic heterocycles. The van der Waals surface area contributed by atoms with Crippen molar-refractivity contribution in [2.45, 2.75) is 58.2 Å². The SMILES string of the molecule is CC[C@]1(C)CCC[C@@H](F)[C@H](N(C)c2ncc(-c3cc4cnccc4cc3O)nn2)C1. The number of alkyl halides is 1. The molecule has 3 atom stereocenters. The van der Waals surface area contributed by atoms with Crippen molar-refractivity contribution < 1.29 is 9.50 Å². The smallest absolute Gasteiger partial charge is 0.245 e. The minimum Gasteiger partial charge on any atom is -0.507 e. The molecule has 30 heavy (non-hydrogen) atoms. The first kappa shape index (κ1) is 20.4. The lowest BCUT2D eigenvalue weighted by Crippen LogP contribution is -2.42. The standard InChI is InChI=1S/C23H28FN5O/c1-4-23(2)8-5-6-18(24)20(12-23)29(3)22-26-14-19(27-28-22)17-10-16-13-25-9-7-15(16)11-21(17)30/h7,9-11,13-14,18,20,30H,4-6,8,12H2,1-3H3/t18-,20-,23-/m1/s1. The highest BCUT2D eigenvalue weighted by Gasteiger charge is 2.37. The Morgan fingerprint density at radius 3 is 2.80 bits per heavy atom. The van der Waals surface area contributed by atoms with E-state index >= 15 is 0 Å². The minimum absolute atomic E-state index is 0.109. The van der Waals surface area contributed by atoms with E-state index in [1.807, 2.05) is 24.1 Å². The van der Waals surface area contributed by atoms with E-state index < -0.39 is 6.17 Å². The normalized spacial score (nSPS) is 24.5. The Labute approximate surface area is 176 Å². The molecule has 0 spiro atoms. The van der Waals surface area contributed by atoms with E-state index in [1.54, 1.807) is 24.7 Å². The van der Waals surface area contributed by atoms with Crippen LogP contribution < -0.4 is 4.90 Å². The van der Waals surface area contributed by atoms with Crippen LogP contribution in [0.5, 0.6) is 5.75 Å². The van der Waals surface area contributed by atoms with Crippen molar-refractivity contribution in [3.05, 3.63) is 36.8 Å². The van der Waals surface area contributed by atoms with Crippen molar-refractivity contribution >= 4 is 16.7 Å². The lowest BCUT2D eigenvalue weighted by molar-refractivity contribution is 0.213.